The number of benzene rings is 3. The maximum absolute atomic E-state index is 11.9. The van der Waals surface area contributed by atoms with Crippen molar-refractivity contribution in [2.75, 3.05) is 11.9 Å². The van der Waals surface area contributed by atoms with Crippen LogP contribution in [0.5, 0.6) is 0 Å². The lowest BCUT2D eigenvalue weighted by Crippen LogP contribution is -2.68. The Morgan fingerprint density at radius 1 is 0.972 bits per heavy atom. The molecule has 8 nitrogen and oxygen atoms in total. The Morgan fingerprint density at radius 2 is 1.61 bits per heavy atom. The first kappa shape index (κ1) is 25.6. The standard InChI is InChI=1S/C26H21N3OS.ClHO4/c1-28-21-13-12-18(26(27)30)14-20(21)19(15-23(28)17-8-4-3-5-9-17)16-25-29(2)22-10-6-7-11-24(22)31-25;2-1(3,4)5/h3-16H,1-2H3,(H-,27,30);(H,2,3,4,5). The van der Waals surface area contributed by atoms with Gasteiger partial charge in [0.15, 0.2) is 0 Å². The molecule has 0 radical (unpaired) electrons. The minimum Gasteiger partial charge on any atom is -0.366 e. The second kappa shape index (κ2) is 10.3. The van der Waals surface area contributed by atoms with Crippen molar-refractivity contribution in [1.82, 2.24) is 0 Å². The van der Waals surface area contributed by atoms with Gasteiger partial charge in [0.2, 0.25) is 17.1 Å². The van der Waals surface area contributed by atoms with E-state index in [1.54, 1.807) is 17.8 Å². The fraction of sp³-hybridized carbons (Fsp3) is 0.0769. The van der Waals surface area contributed by atoms with Gasteiger partial charge in [0, 0.05) is 35.2 Å². The summed E-state index contributed by atoms with van der Waals surface area (Å²) in [7, 11) is -0.805. The van der Waals surface area contributed by atoms with Crippen LogP contribution in [-0.4, -0.2) is 13.0 Å². The van der Waals surface area contributed by atoms with E-state index in [2.05, 4.69) is 72.1 Å². The first-order chi connectivity index (χ1) is 17.0. The number of hydrogen-bond donors (Lipinski definition) is 1. The molecule has 0 fully saturated rings. The number of thioether (sulfide) groups is 1. The number of primary amides is 1. The summed E-state index contributed by atoms with van der Waals surface area (Å²) in [6, 6.07) is 26.6. The van der Waals surface area contributed by atoms with Crippen molar-refractivity contribution in [3.63, 3.8) is 0 Å². The summed E-state index contributed by atoms with van der Waals surface area (Å²) in [5.41, 5.74) is 11.6. The van der Waals surface area contributed by atoms with Crippen LogP contribution in [-0.2, 0) is 7.05 Å². The maximum atomic E-state index is 11.9. The molecule has 0 saturated carbocycles. The third-order valence-corrected chi connectivity index (χ3v) is 6.89. The zero-order valence-corrected chi connectivity index (χ0v) is 21.0. The summed E-state index contributed by atoms with van der Waals surface area (Å²) in [5, 5.41) is 2.13. The number of halogens is 1. The second-order valence-corrected chi connectivity index (χ2v) is 9.81. The molecule has 0 atom stereocenters. The number of rotatable bonds is 3. The van der Waals surface area contributed by atoms with Crippen molar-refractivity contribution in [3.05, 3.63) is 95.0 Å². The molecule has 1 aliphatic rings. The Hall–Kier alpha value is -3.44. The Bertz CT molecular complexity index is 1470. The van der Waals surface area contributed by atoms with Crippen molar-refractivity contribution < 1.29 is 38.2 Å². The summed E-state index contributed by atoms with van der Waals surface area (Å²) in [6.45, 7) is 0. The number of carbonyl (C=O) groups excluding carboxylic acids is 1. The van der Waals surface area contributed by atoms with Crippen LogP contribution in [0.2, 0.25) is 0 Å². The summed E-state index contributed by atoms with van der Waals surface area (Å²) in [6.07, 6.45) is 2.20. The summed E-state index contributed by atoms with van der Waals surface area (Å²) < 4.78 is 36.1. The van der Waals surface area contributed by atoms with Crippen molar-refractivity contribution in [2.45, 2.75) is 4.90 Å². The Kier molecular flexibility index (Phi) is 7.32. The third kappa shape index (κ3) is 5.68. The number of hydrogen-bond acceptors (Lipinski definition) is 7. The van der Waals surface area contributed by atoms with Crippen molar-refractivity contribution in [3.8, 4) is 11.3 Å². The van der Waals surface area contributed by atoms with Crippen molar-refractivity contribution in [2.24, 2.45) is 12.8 Å². The van der Waals surface area contributed by atoms with Gasteiger partial charge >= 0.3 is 0 Å². The molecular weight excluding hydrogens is 502 g/mol. The molecule has 2 N–H and O–H groups in total. The molecule has 2 heterocycles. The van der Waals surface area contributed by atoms with E-state index in [-0.39, 0.29) is 0 Å². The normalized spacial score (nSPS) is 13.9. The second-order valence-electron chi connectivity index (χ2n) is 8.00. The fourth-order valence-corrected chi connectivity index (χ4v) is 5.15. The van der Waals surface area contributed by atoms with Gasteiger partial charge in [-0.05, 0) is 48.0 Å². The number of pyridine rings is 1. The number of carbonyl (C=O) groups is 1. The van der Waals surface area contributed by atoms with Gasteiger partial charge in [-0.25, -0.2) is 18.6 Å². The van der Waals surface area contributed by atoms with Crippen LogP contribution in [0.3, 0.4) is 0 Å². The van der Waals surface area contributed by atoms with E-state index >= 15 is 0 Å². The number of nitrogens with zero attached hydrogens (tertiary/aromatic N) is 2. The highest BCUT2D eigenvalue weighted by atomic mass is 35.7. The van der Waals surface area contributed by atoms with E-state index in [4.69, 9.17) is 24.4 Å². The summed E-state index contributed by atoms with van der Waals surface area (Å²) in [5.74, 6) is -0.421. The number of aromatic nitrogens is 1. The molecule has 5 rings (SSSR count). The van der Waals surface area contributed by atoms with Crippen molar-refractivity contribution >= 4 is 40.3 Å². The fourth-order valence-electron chi connectivity index (χ4n) is 4.05. The number of anilines is 1. The quantitative estimate of drug-likeness (QED) is 0.378. The van der Waals surface area contributed by atoms with Crippen LogP contribution < -0.4 is 33.8 Å². The van der Waals surface area contributed by atoms with E-state index in [0.29, 0.717) is 5.56 Å². The van der Waals surface area contributed by atoms with E-state index in [1.165, 1.54) is 10.6 Å². The van der Waals surface area contributed by atoms with Crippen LogP contribution >= 0.6 is 11.8 Å². The highest BCUT2D eigenvalue weighted by molar-refractivity contribution is 8.03. The average Bonchev–Trinajstić information content (AvgIpc) is 3.15. The first-order valence-electron chi connectivity index (χ1n) is 10.7. The molecule has 36 heavy (non-hydrogen) atoms. The number of amides is 1. The Morgan fingerprint density at radius 3 is 2.25 bits per heavy atom. The molecule has 0 spiro atoms. The molecule has 1 aliphatic heterocycles. The average molecular weight is 524 g/mol. The smallest absolute Gasteiger partial charge is 0.248 e. The summed E-state index contributed by atoms with van der Waals surface area (Å²) in [4.78, 5) is 15.3. The highest BCUT2D eigenvalue weighted by Crippen LogP contribution is 2.45. The van der Waals surface area contributed by atoms with Gasteiger partial charge in [0.25, 0.3) is 0 Å². The van der Waals surface area contributed by atoms with Gasteiger partial charge in [-0.15, -0.1) is 10.2 Å². The van der Waals surface area contributed by atoms with Crippen LogP contribution in [0.15, 0.2) is 88.8 Å². The zero-order valence-electron chi connectivity index (χ0n) is 19.4. The van der Waals surface area contributed by atoms with Crippen molar-refractivity contribution in [1.29, 1.82) is 0 Å². The van der Waals surface area contributed by atoms with Gasteiger partial charge in [-0.1, -0.05) is 42.1 Å². The summed E-state index contributed by atoms with van der Waals surface area (Å²) >= 11 is 1.75. The molecule has 10 heteroatoms. The first-order valence-corrected chi connectivity index (χ1v) is 12.7. The van der Waals surface area contributed by atoms with Crippen LogP contribution in [0.1, 0.15) is 15.9 Å². The molecule has 4 aromatic rings. The predicted octanol–water partition coefficient (Wildman–Crippen LogP) is 0.215. The minimum atomic E-state index is -4.94. The number of nitrogens with two attached hydrogens (primary N) is 1. The monoisotopic (exact) mass is 523 g/mol. The topological polar surface area (TPSA) is 142 Å². The zero-order chi connectivity index (χ0) is 26.0. The van der Waals surface area contributed by atoms with Crippen LogP contribution in [0, 0.1) is 10.2 Å². The molecule has 0 aliphatic carbocycles. The number of para-hydroxylation sites is 1. The van der Waals surface area contributed by atoms with Crippen LogP contribution in [0.4, 0.5) is 5.69 Å². The van der Waals surface area contributed by atoms with Gasteiger partial charge < -0.3 is 10.6 Å². The molecule has 0 bridgehead atoms. The molecule has 1 amide bonds. The molecular formula is C26H22ClN3O5S. The molecule has 3 aromatic carbocycles. The van der Waals surface area contributed by atoms with Crippen LogP contribution in [0.25, 0.3) is 28.2 Å². The highest BCUT2D eigenvalue weighted by Gasteiger charge is 2.23. The van der Waals surface area contributed by atoms with Gasteiger partial charge in [-0.3, -0.25) is 4.79 Å². The maximum Gasteiger partial charge on any atom is 0.248 e. The third-order valence-electron chi connectivity index (χ3n) is 5.73. The van der Waals surface area contributed by atoms with Gasteiger partial charge in [-0.2, -0.15) is 4.57 Å². The largest absolute Gasteiger partial charge is 0.366 e. The Labute approximate surface area is 214 Å². The lowest BCUT2D eigenvalue weighted by molar-refractivity contribution is -2.00. The Balaban J connectivity index is 0.000000556. The molecule has 0 unspecified atom stereocenters. The lowest BCUT2D eigenvalue weighted by Gasteiger charge is -2.17. The number of fused-ring (bicyclic) bond motifs is 2. The van der Waals surface area contributed by atoms with E-state index in [0.717, 1.165) is 32.8 Å². The number of aryl methyl sites for hydroxylation is 1. The minimum absolute atomic E-state index is 0.421. The predicted molar refractivity (Wildman–Crippen MR) is 128 cm³/mol. The molecule has 1 aromatic heterocycles. The molecule has 0 saturated heterocycles. The van der Waals surface area contributed by atoms with E-state index in [9.17, 15) is 4.79 Å². The lowest BCUT2D eigenvalue weighted by atomic mass is 10.0. The van der Waals surface area contributed by atoms with Gasteiger partial charge in [0.05, 0.1) is 16.1 Å². The van der Waals surface area contributed by atoms with E-state index in [1.807, 2.05) is 30.3 Å². The van der Waals surface area contributed by atoms with E-state index < -0.39 is 16.2 Å². The SMILES string of the molecule is CN1/C(=C\c2cc(-c3ccccc3)[n+](C)c3ccc(C(N)=O)cc23)Sc2ccccc21.[O-][Cl+3]([O-])([O-])[O-]. The van der Waals surface area contributed by atoms with Gasteiger partial charge in [0.1, 0.15) is 7.05 Å². The molecule has 184 valence electrons.